The Balaban J connectivity index is 1.62. The molecule has 0 spiro atoms. The zero-order valence-electron chi connectivity index (χ0n) is 13.7. The van der Waals surface area contributed by atoms with Gasteiger partial charge in [-0.2, -0.15) is 0 Å². The first kappa shape index (κ1) is 18.2. The van der Waals surface area contributed by atoms with E-state index in [9.17, 15) is 0 Å². The van der Waals surface area contributed by atoms with Crippen molar-refractivity contribution in [3.63, 3.8) is 0 Å². The Morgan fingerprint density at radius 3 is 2.08 bits per heavy atom. The van der Waals surface area contributed by atoms with Gasteiger partial charge in [0.1, 0.15) is 0 Å². The maximum absolute atomic E-state index is 5.81. The van der Waals surface area contributed by atoms with Crippen LogP contribution in [-0.4, -0.2) is 24.1 Å². The fourth-order valence-corrected chi connectivity index (χ4v) is 4.58. The maximum Gasteiger partial charge on any atom is 0.0405 e. The number of nitrogens with zero attached hydrogens (tertiary/aromatic N) is 1. The molecular formula is C18H22I2N4. The van der Waals surface area contributed by atoms with E-state index < -0.39 is 0 Å². The number of rotatable bonds is 4. The van der Waals surface area contributed by atoms with E-state index in [-0.39, 0.29) is 0 Å². The molecule has 0 bridgehead atoms. The summed E-state index contributed by atoms with van der Waals surface area (Å²) in [7, 11) is 0. The highest BCUT2D eigenvalue weighted by Gasteiger charge is 2.16. The van der Waals surface area contributed by atoms with Gasteiger partial charge in [-0.1, -0.05) is 0 Å². The lowest BCUT2D eigenvalue weighted by atomic mass is 10.1. The van der Waals surface area contributed by atoms with Crippen LogP contribution in [0.4, 0.5) is 17.1 Å². The SMILES string of the molecule is Cc1c(I)cc(Nc2ccc(NC3CCN(N)CC3)cc2)cc1I. The smallest absolute Gasteiger partial charge is 0.0405 e. The molecule has 6 heteroatoms. The van der Waals surface area contributed by atoms with Crippen molar-refractivity contribution in [1.82, 2.24) is 5.01 Å². The van der Waals surface area contributed by atoms with Crippen LogP contribution in [0.5, 0.6) is 0 Å². The summed E-state index contributed by atoms with van der Waals surface area (Å²) in [5, 5.41) is 8.99. The summed E-state index contributed by atoms with van der Waals surface area (Å²) in [6.45, 7) is 4.08. The van der Waals surface area contributed by atoms with Crippen molar-refractivity contribution >= 4 is 62.2 Å². The van der Waals surface area contributed by atoms with Gasteiger partial charge in [-0.05, 0) is 107 Å². The number of nitrogens with one attached hydrogen (secondary N) is 2. The number of hydrogen-bond acceptors (Lipinski definition) is 4. The van der Waals surface area contributed by atoms with Crippen molar-refractivity contribution in [2.75, 3.05) is 23.7 Å². The van der Waals surface area contributed by atoms with Gasteiger partial charge < -0.3 is 10.6 Å². The molecule has 1 aliphatic heterocycles. The summed E-state index contributed by atoms with van der Waals surface area (Å²) in [5.41, 5.74) is 4.74. The Bertz CT molecular complexity index is 672. The van der Waals surface area contributed by atoms with Crippen molar-refractivity contribution in [1.29, 1.82) is 0 Å². The quantitative estimate of drug-likeness (QED) is 0.384. The third-order valence-electron chi connectivity index (χ3n) is 4.35. The molecule has 0 aromatic heterocycles. The van der Waals surface area contributed by atoms with Crippen molar-refractivity contribution in [3.05, 3.63) is 49.1 Å². The van der Waals surface area contributed by atoms with Crippen LogP contribution in [0.3, 0.4) is 0 Å². The van der Waals surface area contributed by atoms with Gasteiger partial charge in [0.2, 0.25) is 0 Å². The van der Waals surface area contributed by atoms with E-state index in [2.05, 4.69) is 99.1 Å². The van der Waals surface area contributed by atoms with Crippen molar-refractivity contribution in [2.45, 2.75) is 25.8 Å². The predicted molar refractivity (Wildman–Crippen MR) is 119 cm³/mol. The molecule has 0 amide bonds. The molecule has 0 saturated carbocycles. The second-order valence-electron chi connectivity index (χ2n) is 6.22. The Morgan fingerprint density at radius 1 is 0.958 bits per heavy atom. The maximum atomic E-state index is 5.81. The molecule has 0 atom stereocenters. The third-order valence-corrected chi connectivity index (χ3v) is 6.60. The molecule has 1 aliphatic rings. The Labute approximate surface area is 170 Å². The molecule has 128 valence electrons. The van der Waals surface area contributed by atoms with Crippen LogP contribution in [0.25, 0.3) is 0 Å². The highest BCUT2D eigenvalue weighted by Crippen LogP contribution is 2.26. The van der Waals surface area contributed by atoms with Gasteiger partial charge in [0.15, 0.2) is 0 Å². The van der Waals surface area contributed by atoms with E-state index >= 15 is 0 Å². The van der Waals surface area contributed by atoms with Gasteiger partial charge in [0.05, 0.1) is 0 Å². The normalized spacial score (nSPS) is 16.2. The third kappa shape index (κ3) is 4.74. The van der Waals surface area contributed by atoms with Gasteiger partial charge >= 0.3 is 0 Å². The summed E-state index contributed by atoms with van der Waals surface area (Å²) in [4.78, 5) is 0. The molecule has 0 unspecified atom stereocenters. The molecule has 3 rings (SSSR count). The minimum absolute atomic E-state index is 0.517. The van der Waals surface area contributed by atoms with E-state index in [4.69, 9.17) is 5.84 Å². The van der Waals surface area contributed by atoms with Gasteiger partial charge in [0, 0.05) is 43.3 Å². The first-order valence-electron chi connectivity index (χ1n) is 8.10. The lowest BCUT2D eigenvalue weighted by Crippen LogP contribution is -2.42. The van der Waals surface area contributed by atoms with Gasteiger partial charge in [0.25, 0.3) is 0 Å². The number of anilines is 3. The molecule has 2 aromatic carbocycles. The average Bonchev–Trinajstić information content (AvgIpc) is 2.56. The average molecular weight is 548 g/mol. The number of piperidine rings is 1. The van der Waals surface area contributed by atoms with Crippen molar-refractivity contribution in [3.8, 4) is 0 Å². The Kier molecular flexibility index (Phi) is 6.22. The zero-order valence-corrected chi connectivity index (χ0v) is 18.0. The van der Waals surface area contributed by atoms with Crippen molar-refractivity contribution in [2.24, 2.45) is 5.84 Å². The van der Waals surface area contributed by atoms with E-state index in [0.717, 1.165) is 37.3 Å². The summed E-state index contributed by atoms with van der Waals surface area (Å²) >= 11 is 4.78. The topological polar surface area (TPSA) is 53.3 Å². The molecule has 0 aliphatic carbocycles. The number of benzene rings is 2. The number of hydrazine groups is 1. The monoisotopic (exact) mass is 548 g/mol. The van der Waals surface area contributed by atoms with Crippen LogP contribution in [-0.2, 0) is 0 Å². The largest absolute Gasteiger partial charge is 0.382 e. The predicted octanol–water partition coefficient (Wildman–Crippen LogP) is 4.70. The lowest BCUT2D eigenvalue weighted by Gasteiger charge is -2.29. The molecule has 2 aromatic rings. The van der Waals surface area contributed by atoms with Gasteiger partial charge in [-0.15, -0.1) is 0 Å². The van der Waals surface area contributed by atoms with Crippen LogP contribution >= 0.6 is 45.2 Å². The number of hydrogen-bond donors (Lipinski definition) is 3. The Hall–Kier alpha value is -0.580. The number of halogens is 2. The minimum atomic E-state index is 0.517. The minimum Gasteiger partial charge on any atom is -0.382 e. The second-order valence-corrected chi connectivity index (χ2v) is 8.55. The first-order valence-corrected chi connectivity index (χ1v) is 10.3. The number of nitrogens with two attached hydrogens (primary N) is 1. The van der Waals surface area contributed by atoms with E-state index in [1.165, 1.54) is 18.4 Å². The standard InChI is InChI=1S/C18H22I2N4/c1-12-17(19)10-16(11-18(12)20)23-14-4-2-13(3-5-14)22-15-6-8-24(21)9-7-15/h2-5,10-11,15,22-23H,6-9,21H2,1H3. The van der Waals surface area contributed by atoms with Crippen LogP contribution < -0.4 is 16.5 Å². The fourth-order valence-electron chi connectivity index (χ4n) is 2.81. The van der Waals surface area contributed by atoms with Crippen LogP contribution in [0.1, 0.15) is 18.4 Å². The second kappa shape index (κ2) is 8.20. The Morgan fingerprint density at radius 2 is 1.50 bits per heavy atom. The van der Waals surface area contributed by atoms with E-state index in [1.807, 2.05) is 5.01 Å². The van der Waals surface area contributed by atoms with Gasteiger partial charge in [-0.25, -0.2) is 5.01 Å². The van der Waals surface area contributed by atoms with Crippen LogP contribution in [0, 0.1) is 14.1 Å². The molecular weight excluding hydrogens is 526 g/mol. The fraction of sp³-hybridized carbons (Fsp3) is 0.333. The van der Waals surface area contributed by atoms with E-state index in [0.29, 0.717) is 6.04 Å². The molecule has 4 N–H and O–H groups in total. The van der Waals surface area contributed by atoms with Crippen molar-refractivity contribution < 1.29 is 0 Å². The van der Waals surface area contributed by atoms with Gasteiger partial charge in [-0.3, -0.25) is 5.84 Å². The lowest BCUT2D eigenvalue weighted by molar-refractivity contribution is 0.224. The van der Waals surface area contributed by atoms with Crippen LogP contribution in [0.15, 0.2) is 36.4 Å². The summed E-state index contributed by atoms with van der Waals surface area (Å²) in [6.07, 6.45) is 2.19. The molecule has 1 fully saturated rings. The highest BCUT2D eigenvalue weighted by molar-refractivity contribution is 14.1. The molecule has 0 radical (unpaired) electrons. The summed E-state index contributed by atoms with van der Waals surface area (Å²) < 4.78 is 2.57. The molecule has 1 saturated heterocycles. The molecule has 1 heterocycles. The molecule has 24 heavy (non-hydrogen) atoms. The van der Waals surface area contributed by atoms with E-state index in [1.54, 1.807) is 0 Å². The summed E-state index contributed by atoms with van der Waals surface area (Å²) in [6, 6.07) is 13.4. The first-order chi connectivity index (χ1) is 11.5. The summed E-state index contributed by atoms with van der Waals surface area (Å²) in [5.74, 6) is 5.81. The molecule has 4 nitrogen and oxygen atoms in total. The van der Waals surface area contributed by atoms with Crippen LogP contribution in [0.2, 0.25) is 0 Å². The highest BCUT2D eigenvalue weighted by atomic mass is 127. The zero-order chi connectivity index (χ0) is 17.1.